The Hall–Kier alpha value is -1.95. The quantitative estimate of drug-likeness (QED) is 0.764. The van der Waals surface area contributed by atoms with Crippen molar-refractivity contribution in [2.75, 3.05) is 26.3 Å². The molecule has 0 saturated heterocycles. The Morgan fingerprint density at radius 3 is 2.60 bits per heavy atom. The van der Waals surface area contributed by atoms with Gasteiger partial charge < -0.3 is 14.7 Å². The molecule has 0 atom stereocenters. The lowest BCUT2D eigenvalue weighted by Crippen LogP contribution is -2.36. The first-order valence-electron chi connectivity index (χ1n) is 6.40. The molecule has 1 aromatic carbocycles. The zero-order chi connectivity index (χ0) is 15.0. The van der Waals surface area contributed by atoms with Crippen LogP contribution in [0.5, 0.6) is 0 Å². The number of amides is 1. The molecule has 1 amide bonds. The standard InChI is InChI=1S/C14H18FNO4/c1-2-20-13(18)7-8-16(9-10-17)14(19)11-5-3-4-6-12(11)15/h3-6,17H,2,7-10H2,1H3. The fraction of sp³-hybridized carbons (Fsp3) is 0.429. The van der Waals surface area contributed by atoms with Gasteiger partial charge in [0.05, 0.1) is 25.2 Å². The molecule has 20 heavy (non-hydrogen) atoms. The third-order valence-electron chi connectivity index (χ3n) is 2.65. The minimum atomic E-state index is -0.628. The summed E-state index contributed by atoms with van der Waals surface area (Å²) in [5, 5.41) is 8.97. The van der Waals surface area contributed by atoms with Crippen LogP contribution >= 0.6 is 0 Å². The molecule has 0 saturated carbocycles. The number of ether oxygens (including phenoxy) is 1. The van der Waals surface area contributed by atoms with Crippen molar-refractivity contribution in [3.05, 3.63) is 35.6 Å². The van der Waals surface area contributed by atoms with Crippen LogP contribution in [-0.2, 0) is 9.53 Å². The van der Waals surface area contributed by atoms with Gasteiger partial charge in [0, 0.05) is 13.1 Å². The van der Waals surface area contributed by atoms with Gasteiger partial charge in [0.1, 0.15) is 5.82 Å². The molecule has 0 spiro atoms. The van der Waals surface area contributed by atoms with Crippen LogP contribution in [0.4, 0.5) is 4.39 Å². The number of rotatable bonds is 7. The van der Waals surface area contributed by atoms with E-state index in [2.05, 4.69) is 0 Å². The molecule has 0 bridgehead atoms. The molecular formula is C14H18FNO4. The Morgan fingerprint density at radius 2 is 2.00 bits per heavy atom. The van der Waals surface area contributed by atoms with Crippen molar-refractivity contribution >= 4 is 11.9 Å². The largest absolute Gasteiger partial charge is 0.466 e. The molecule has 6 heteroatoms. The van der Waals surface area contributed by atoms with E-state index in [0.29, 0.717) is 0 Å². The van der Waals surface area contributed by atoms with Gasteiger partial charge in [-0.25, -0.2) is 4.39 Å². The number of hydrogen-bond acceptors (Lipinski definition) is 4. The van der Waals surface area contributed by atoms with Gasteiger partial charge in [-0.2, -0.15) is 0 Å². The summed E-state index contributed by atoms with van der Waals surface area (Å²) in [5.41, 5.74) is -0.0789. The number of halogens is 1. The number of aliphatic hydroxyl groups is 1. The predicted octanol–water partition coefficient (Wildman–Crippen LogP) is 1.21. The van der Waals surface area contributed by atoms with Crippen LogP contribution in [0.2, 0.25) is 0 Å². The number of aliphatic hydroxyl groups excluding tert-OH is 1. The normalized spacial score (nSPS) is 10.2. The Morgan fingerprint density at radius 1 is 1.30 bits per heavy atom. The van der Waals surface area contributed by atoms with Crippen molar-refractivity contribution in [1.29, 1.82) is 0 Å². The second kappa shape index (κ2) is 8.27. The Labute approximate surface area is 117 Å². The number of benzene rings is 1. The first-order chi connectivity index (χ1) is 9.60. The molecule has 0 aliphatic rings. The van der Waals surface area contributed by atoms with Crippen molar-refractivity contribution in [3.63, 3.8) is 0 Å². The summed E-state index contributed by atoms with van der Waals surface area (Å²) in [4.78, 5) is 24.7. The van der Waals surface area contributed by atoms with Crippen LogP contribution in [0.25, 0.3) is 0 Å². The van der Waals surface area contributed by atoms with Crippen molar-refractivity contribution in [1.82, 2.24) is 4.90 Å². The maximum atomic E-state index is 13.6. The molecule has 5 nitrogen and oxygen atoms in total. The molecule has 1 rings (SSSR count). The molecule has 0 aliphatic carbocycles. The van der Waals surface area contributed by atoms with E-state index < -0.39 is 17.7 Å². The molecule has 1 aromatic rings. The summed E-state index contributed by atoms with van der Waals surface area (Å²) in [6, 6.07) is 5.60. The summed E-state index contributed by atoms with van der Waals surface area (Å²) in [7, 11) is 0. The van der Waals surface area contributed by atoms with E-state index in [1.807, 2.05) is 0 Å². The van der Waals surface area contributed by atoms with Crippen molar-refractivity contribution < 1.29 is 23.8 Å². The first kappa shape index (κ1) is 16.1. The minimum Gasteiger partial charge on any atom is -0.466 e. The summed E-state index contributed by atoms with van der Waals surface area (Å²) in [6.07, 6.45) is 0.00797. The molecule has 0 heterocycles. The van der Waals surface area contributed by atoms with Gasteiger partial charge in [0.15, 0.2) is 0 Å². The van der Waals surface area contributed by atoms with E-state index in [0.717, 1.165) is 0 Å². The third kappa shape index (κ3) is 4.62. The van der Waals surface area contributed by atoms with Crippen LogP contribution in [0.1, 0.15) is 23.7 Å². The highest BCUT2D eigenvalue weighted by atomic mass is 19.1. The topological polar surface area (TPSA) is 66.8 Å². The SMILES string of the molecule is CCOC(=O)CCN(CCO)C(=O)c1ccccc1F. The zero-order valence-electron chi connectivity index (χ0n) is 11.3. The van der Waals surface area contributed by atoms with Crippen LogP contribution in [0.3, 0.4) is 0 Å². The van der Waals surface area contributed by atoms with Gasteiger partial charge in [-0.3, -0.25) is 9.59 Å². The van der Waals surface area contributed by atoms with Crippen molar-refractivity contribution in [3.8, 4) is 0 Å². The molecule has 110 valence electrons. The highest BCUT2D eigenvalue weighted by molar-refractivity contribution is 5.94. The Kier molecular flexibility index (Phi) is 6.66. The van der Waals surface area contributed by atoms with Gasteiger partial charge in [0.2, 0.25) is 0 Å². The predicted molar refractivity (Wildman–Crippen MR) is 70.6 cm³/mol. The number of nitrogens with zero attached hydrogens (tertiary/aromatic N) is 1. The second-order valence-corrected chi connectivity index (χ2v) is 4.05. The highest BCUT2D eigenvalue weighted by Crippen LogP contribution is 2.10. The van der Waals surface area contributed by atoms with Crippen molar-refractivity contribution in [2.45, 2.75) is 13.3 Å². The van der Waals surface area contributed by atoms with E-state index in [9.17, 15) is 14.0 Å². The second-order valence-electron chi connectivity index (χ2n) is 4.05. The maximum absolute atomic E-state index is 13.6. The van der Waals surface area contributed by atoms with Gasteiger partial charge in [-0.05, 0) is 19.1 Å². The van der Waals surface area contributed by atoms with Gasteiger partial charge >= 0.3 is 5.97 Å². The molecular weight excluding hydrogens is 265 g/mol. The maximum Gasteiger partial charge on any atom is 0.307 e. The summed E-state index contributed by atoms with van der Waals surface area (Å²) in [6.45, 7) is 1.80. The smallest absolute Gasteiger partial charge is 0.307 e. The molecule has 0 fully saturated rings. The number of hydrogen-bond donors (Lipinski definition) is 1. The summed E-state index contributed by atoms with van der Waals surface area (Å²) < 4.78 is 18.3. The molecule has 1 N–H and O–H groups in total. The first-order valence-corrected chi connectivity index (χ1v) is 6.40. The van der Waals surface area contributed by atoms with E-state index in [1.165, 1.54) is 23.1 Å². The van der Waals surface area contributed by atoms with Gasteiger partial charge in [-0.15, -0.1) is 0 Å². The molecule has 0 aliphatic heterocycles. The fourth-order valence-electron chi connectivity index (χ4n) is 1.70. The average molecular weight is 283 g/mol. The Bertz CT molecular complexity index is 464. The van der Waals surface area contributed by atoms with Crippen molar-refractivity contribution in [2.24, 2.45) is 0 Å². The molecule has 0 aromatic heterocycles. The van der Waals surface area contributed by atoms with Gasteiger partial charge in [0.25, 0.3) is 5.91 Å². The van der Waals surface area contributed by atoms with E-state index in [4.69, 9.17) is 9.84 Å². The van der Waals surface area contributed by atoms with E-state index in [-0.39, 0.29) is 38.3 Å². The highest BCUT2D eigenvalue weighted by Gasteiger charge is 2.19. The number of esters is 1. The van der Waals surface area contributed by atoms with Crippen LogP contribution in [0, 0.1) is 5.82 Å². The monoisotopic (exact) mass is 283 g/mol. The van der Waals surface area contributed by atoms with E-state index in [1.54, 1.807) is 13.0 Å². The van der Waals surface area contributed by atoms with Gasteiger partial charge in [-0.1, -0.05) is 12.1 Å². The molecule has 0 unspecified atom stereocenters. The molecule has 0 radical (unpaired) electrons. The average Bonchev–Trinajstić information content (AvgIpc) is 2.43. The van der Waals surface area contributed by atoms with E-state index >= 15 is 0 Å². The lowest BCUT2D eigenvalue weighted by molar-refractivity contribution is -0.143. The minimum absolute atomic E-state index is 0.00797. The number of carbonyl (C=O) groups is 2. The van der Waals surface area contributed by atoms with Crippen LogP contribution in [0.15, 0.2) is 24.3 Å². The van der Waals surface area contributed by atoms with Crippen LogP contribution < -0.4 is 0 Å². The summed E-state index contributed by atoms with van der Waals surface area (Å²) >= 11 is 0. The lowest BCUT2D eigenvalue weighted by atomic mass is 10.2. The third-order valence-corrected chi connectivity index (χ3v) is 2.65. The summed E-state index contributed by atoms with van der Waals surface area (Å²) in [5.74, 6) is -1.62. The van der Waals surface area contributed by atoms with Crippen LogP contribution in [-0.4, -0.2) is 48.2 Å². The lowest BCUT2D eigenvalue weighted by Gasteiger charge is -2.21. The fourth-order valence-corrected chi connectivity index (χ4v) is 1.70. The Balaban J connectivity index is 2.72. The number of carbonyl (C=O) groups excluding carboxylic acids is 2. The zero-order valence-corrected chi connectivity index (χ0v) is 11.3.